The fraction of sp³-hybridized carbons (Fsp3) is 0.435. The normalized spacial score (nSPS) is 20.0. The number of aromatic nitrogens is 2. The Morgan fingerprint density at radius 3 is 2.80 bits per heavy atom. The summed E-state index contributed by atoms with van der Waals surface area (Å²) >= 11 is 0. The zero-order valence-corrected chi connectivity index (χ0v) is 17.2. The highest BCUT2D eigenvalue weighted by Gasteiger charge is 2.38. The van der Waals surface area contributed by atoms with Gasteiger partial charge in [-0.15, -0.1) is 0 Å². The van der Waals surface area contributed by atoms with Gasteiger partial charge in [-0.2, -0.15) is 4.98 Å². The standard InChI is InChI=1S/C23H25FN4O2/c1-14-11-18-19(27-23(2)8-9-23)25-20(26-21(18)30-14)22(29)28-10-7-16(13-28)12-15-3-5-17(24)6-4-15/h3-6,11,16H,7-10,12-13H2,1-2H3,(H,25,26,27). The van der Waals surface area contributed by atoms with Crippen molar-refractivity contribution in [2.45, 2.75) is 45.1 Å². The number of carbonyl (C=O) groups excluding carboxylic acids is 1. The van der Waals surface area contributed by atoms with Crippen LogP contribution in [0, 0.1) is 18.7 Å². The van der Waals surface area contributed by atoms with Crippen LogP contribution in [0.1, 0.15) is 48.1 Å². The third kappa shape index (κ3) is 3.76. The SMILES string of the molecule is Cc1cc2c(NC3(C)CC3)nc(C(=O)N3CCC(Cc4ccc(F)cc4)C3)nc2o1. The number of likely N-dealkylation sites (tertiary alicyclic amines) is 1. The maximum absolute atomic E-state index is 13.2. The lowest BCUT2D eigenvalue weighted by Gasteiger charge is -2.17. The number of furan rings is 1. The molecule has 0 radical (unpaired) electrons. The molecule has 3 heterocycles. The van der Waals surface area contributed by atoms with Crippen molar-refractivity contribution in [1.29, 1.82) is 0 Å². The number of hydrogen-bond acceptors (Lipinski definition) is 5. The van der Waals surface area contributed by atoms with E-state index in [0.29, 0.717) is 30.5 Å². The van der Waals surface area contributed by atoms with Crippen LogP contribution >= 0.6 is 0 Å². The predicted octanol–water partition coefficient (Wildman–Crippen LogP) is 4.34. The van der Waals surface area contributed by atoms with Crippen LogP contribution in [0.25, 0.3) is 11.1 Å². The number of fused-ring (bicyclic) bond motifs is 1. The topological polar surface area (TPSA) is 71.3 Å². The van der Waals surface area contributed by atoms with Gasteiger partial charge in [0, 0.05) is 18.6 Å². The van der Waals surface area contributed by atoms with E-state index in [2.05, 4.69) is 22.2 Å². The molecule has 1 atom stereocenters. The molecule has 156 valence electrons. The van der Waals surface area contributed by atoms with E-state index in [1.165, 1.54) is 12.1 Å². The summed E-state index contributed by atoms with van der Waals surface area (Å²) in [5.41, 5.74) is 1.56. The molecule has 1 unspecified atom stereocenters. The first-order valence-electron chi connectivity index (χ1n) is 10.5. The molecular formula is C23H25FN4O2. The summed E-state index contributed by atoms with van der Waals surface area (Å²) in [5.74, 6) is 1.53. The number of nitrogens with one attached hydrogen (secondary N) is 1. The fourth-order valence-corrected chi connectivity index (χ4v) is 4.11. The summed E-state index contributed by atoms with van der Waals surface area (Å²) in [6.45, 7) is 5.33. The first-order valence-corrected chi connectivity index (χ1v) is 10.5. The van der Waals surface area contributed by atoms with E-state index in [1.54, 1.807) is 0 Å². The molecule has 1 aromatic carbocycles. The fourth-order valence-electron chi connectivity index (χ4n) is 4.11. The summed E-state index contributed by atoms with van der Waals surface area (Å²) in [4.78, 5) is 24.0. The monoisotopic (exact) mass is 408 g/mol. The number of benzene rings is 1. The summed E-state index contributed by atoms with van der Waals surface area (Å²) in [6, 6.07) is 8.50. The second-order valence-corrected chi connectivity index (χ2v) is 8.89. The van der Waals surface area contributed by atoms with Gasteiger partial charge in [-0.3, -0.25) is 4.79 Å². The Labute approximate surface area is 174 Å². The molecule has 1 saturated carbocycles. The second kappa shape index (κ2) is 7.07. The lowest BCUT2D eigenvalue weighted by atomic mass is 9.99. The molecule has 6 nitrogen and oxygen atoms in total. The number of nitrogens with zero attached hydrogens (tertiary/aromatic N) is 3. The van der Waals surface area contributed by atoms with Crippen molar-refractivity contribution in [2.75, 3.05) is 18.4 Å². The number of rotatable bonds is 5. The van der Waals surface area contributed by atoms with Crippen LogP contribution in [0.2, 0.25) is 0 Å². The summed E-state index contributed by atoms with van der Waals surface area (Å²) in [7, 11) is 0. The van der Waals surface area contributed by atoms with Gasteiger partial charge in [0.05, 0.1) is 5.39 Å². The highest BCUT2D eigenvalue weighted by Crippen LogP contribution is 2.39. The molecule has 1 N–H and O–H groups in total. The molecule has 1 aliphatic carbocycles. The first-order chi connectivity index (χ1) is 14.4. The lowest BCUT2D eigenvalue weighted by Crippen LogP contribution is -2.31. The molecule has 2 aromatic heterocycles. The van der Waals surface area contributed by atoms with E-state index >= 15 is 0 Å². The van der Waals surface area contributed by atoms with Gasteiger partial charge in [0.15, 0.2) is 0 Å². The van der Waals surface area contributed by atoms with Crippen LogP contribution < -0.4 is 5.32 Å². The van der Waals surface area contributed by atoms with E-state index < -0.39 is 0 Å². The number of halogens is 1. The highest BCUT2D eigenvalue weighted by atomic mass is 19.1. The van der Waals surface area contributed by atoms with Crippen LogP contribution in [0.3, 0.4) is 0 Å². The Morgan fingerprint density at radius 2 is 2.07 bits per heavy atom. The van der Waals surface area contributed by atoms with Crippen molar-refractivity contribution >= 4 is 22.8 Å². The number of hydrogen-bond donors (Lipinski definition) is 1. The maximum atomic E-state index is 13.2. The first kappa shape index (κ1) is 19.0. The number of anilines is 1. The van der Waals surface area contributed by atoms with Crippen molar-refractivity contribution in [2.24, 2.45) is 5.92 Å². The van der Waals surface area contributed by atoms with Gasteiger partial charge in [-0.1, -0.05) is 12.1 Å². The Kier molecular flexibility index (Phi) is 4.49. The number of aryl methyl sites for hydroxylation is 1. The Hall–Kier alpha value is -2.96. The largest absolute Gasteiger partial charge is 0.443 e. The van der Waals surface area contributed by atoms with Gasteiger partial charge in [0.2, 0.25) is 11.5 Å². The Bertz CT molecular complexity index is 1100. The quantitative estimate of drug-likeness (QED) is 0.680. The maximum Gasteiger partial charge on any atom is 0.291 e. The molecule has 30 heavy (non-hydrogen) atoms. The third-order valence-corrected chi connectivity index (χ3v) is 6.14. The minimum atomic E-state index is -0.229. The predicted molar refractivity (Wildman–Crippen MR) is 112 cm³/mol. The molecule has 0 spiro atoms. The van der Waals surface area contributed by atoms with Crippen molar-refractivity contribution in [1.82, 2.24) is 14.9 Å². The second-order valence-electron chi connectivity index (χ2n) is 8.89. The Balaban J connectivity index is 1.35. The van der Waals surface area contributed by atoms with E-state index in [4.69, 9.17) is 4.42 Å². The lowest BCUT2D eigenvalue weighted by molar-refractivity contribution is 0.0775. The van der Waals surface area contributed by atoms with Crippen molar-refractivity contribution in [3.05, 3.63) is 53.3 Å². The van der Waals surface area contributed by atoms with Gasteiger partial charge in [0.1, 0.15) is 17.4 Å². The van der Waals surface area contributed by atoms with Gasteiger partial charge in [0.25, 0.3) is 5.91 Å². The molecule has 3 aromatic rings. The van der Waals surface area contributed by atoms with Crippen LogP contribution in [0.5, 0.6) is 0 Å². The zero-order chi connectivity index (χ0) is 20.9. The van der Waals surface area contributed by atoms with Crippen molar-refractivity contribution in [3.8, 4) is 0 Å². The molecular weight excluding hydrogens is 383 g/mol. The van der Waals surface area contributed by atoms with Gasteiger partial charge in [-0.25, -0.2) is 9.37 Å². The zero-order valence-electron chi connectivity index (χ0n) is 17.2. The van der Waals surface area contributed by atoms with Crippen molar-refractivity contribution in [3.63, 3.8) is 0 Å². The van der Waals surface area contributed by atoms with E-state index in [0.717, 1.165) is 42.4 Å². The molecule has 2 fully saturated rings. The minimum Gasteiger partial charge on any atom is -0.443 e. The molecule has 1 saturated heterocycles. The molecule has 7 heteroatoms. The smallest absolute Gasteiger partial charge is 0.291 e. The van der Waals surface area contributed by atoms with E-state index in [1.807, 2.05) is 30.0 Å². The average molecular weight is 408 g/mol. The van der Waals surface area contributed by atoms with Crippen LogP contribution in [-0.2, 0) is 6.42 Å². The average Bonchev–Trinajstić information content (AvgIpc) is 3.11. The van der Waals surface area contributed by atoms with Gasteiger partial charge >= 0.3 is 0 Å². The van der Waals surface area contributed by atoms with E-state index in [9.17, 15) is 9.18 Å². The minimum absolute atomic E-state index is 0.0284. The Morgan fingerprint density at radius 1 is 1.30 bits per heavy atom. The summed E-state index contributed by atoms with van der Waals surface area (Å²) in [6.07, 6.45) is 3.90. The molecule has 1 aliphatic heterocycles. The molecule has 5 rings (SSSR count). The molecule has 0 bridgehead atoms. The summed E-state index contributed by atoms with van der Waals surface area (Å²) in [5, 5.41) is 4.28. The van der Waals surface area contributed by atoms with Gasteiger partial charge in [-0.05, 0) is 69.2 Å². The van der Waals surface area contributed by atoms with Crippen LogP contribution in [0.15, 0.2) is 34.7 Å². The van der Waals surface area contributed by atoms with Crippen LogP contribution in [-0.4, -0.2) is 39.4 Å². The number of carbonyl (C=O) groups is 1. The highest BCUT2D eigenvalue weighted by molar-refractivity contribution is 5.95. The summed E-state index contributed by atoms with van der Waals surface area (Å²) < 4.78 is 18.8. The number of amides is 1. The van der Waals surface area contributed by atoms with Gasteiger partial charge < -0.3 is 14.6 Å². The molecule has 2 aliphatic rings. The third-order valence-electron chi connectivity index (χ3n) is 6.14. The molecule has 1 amide bonds. The van der Waals surface area contributed by atoms with E-state index in [-0.39, 0.29) is 23.1 Å². The van der Waals surface area contributed by atoms with Crippen molar-refractivity contribution < 1.29 is 13.6 Å². The van der Waals surface area contributed by atoms with Crippen LogP contribution in [0.4, 0.5) is 10.2 Å².